The average molecular weight is 246 g/mol. The Bertz CT molecular complexity index is 544. The number of nitrogens with one attached hydrogen (secondary N) is 2. The molecule has 1 aliphatic carbocycles. The Morgan fingerprint density at radius 2 is 2.28 bits per heavy atom. The highest BCUT2D eigenvalue weighted by molar-refractivity contribution is 5.84. The number of fused-ring (bicyclic) bond motifs is 1. The van der Waals surface area contributed by atoms with Gasteiger partial charge in [-0.3, -0.25) is 0 Å². The van der Waals surface area contributed by atoms with E-state index in [1.165, 1.54) is 19.3 Å². The van der Waals surface area contributed by atoms with Crippen molar-refractivity contribution in [2.75, 3.05) is 30.9 Å². The Morgan fingerprint density at radius 1 is 1.44 bits per heavy atom. The summed E-state index contributed by atoms with van der Waals surface area (Å²) in [5.74, 6) is 2.35. The van der Waals surface area contributed by atoms with E-state index in [-0.39, 0.29) is 0 Å². The molecule has 1 aliphatic rings. The van der Waals surface area contributed by atoms with E-state index in [2.05, 4.69) is 37.2 Å². The highest BCUT2D eigenvalue weighted by atomic mass is 15.2. The second-order valence-electron chi connectivity index (χ2n) is 4.90. The minimum absolute atomic E-state index is 0.616. The van der Waals surface area contributed by atoms with Crippen LogP contribution in [0.1, 0.15) is 19.3 Å². The zero-order chi connectivity index (χ0) is 12.5. The van der Waals surface area contributed by atoms with Crippen molar-refractivity contribution in [2.45, 2.75) is 19.3 Å². The molecule has 6 heteroatoms. The van der Waals surface area contributed by atoms with Gasteiger partial charge in [-0.1, -0.05) is 6.42 Å². The van der Waals surface area contributed by atoms with Gasteiger partial charge in [-0.15, -0.1) is 0 Å². The highest BCUT2D eigenvalue weighted by Gasteiger charge is 2.21. The molecular weight excluding hydrogens is 228 g/mol. The van der Waals surface area contributed by atoms with Crippen LogP contribution in [0.4, 0.5) is 11.8 Å². The topological polar surface area (TPSA) is 69.7 Å². The number of H-pyrrole nitrogens is 1. The van der Waals surface area contributed by atoms with Crippen molar-refractivity contribution in [2.24, 2.45) is 5.92 Å². The number of anilines is 2. The van der Waals surface area contributed by atoms with Crippen LogP contribution >= 0.6 is 0 Å². The van der Waals surface area contributed by atoms with Gasteiger partial charge in [0.25, 0.3) is 0 Å². The molecule has 2 aromatic heterocycles. The first-order valence-corrected chi connectivity index (χ1v) is 6.38. The maximum Gasteiger partial charge on any atom is 0.226 e. The third-order valence-electron chi connectivity index (χ3n) is 3.61. The summed E-state index contributed by atoms with van der Waals surface area (Å²) in [5, 5.41) is 2.98. The summed E-state index contributed by atoms with van der Waals surface area (Å²) in [6, 6.07) is 0. The van der Waals surface area contributed by atoms with Gasteiger partial charge >= 0.3 is 0 Å². The molecule has 3 rings (SSSR count). The Kier molecular flexibility index (Phi) is 2.77. The quantitative estimate of drug-likeness (QED) is 0.858. The van der Waals surface area contributed by atoms with Crippen LogP contribution in [0.25, 0.3) is 11.2 Å². The Morgan fingerprint density at radius 3 is 2.94 bits per heavy atom. The van der Waals surface area contributed by atoms with Crippen LogP contribution in [-0.2, 0) is 0 Å². The number of aromatic amines is 1. The molecule has 2 N–H and O–H groups in total. The van der Waals surface area contributed by atoms with Crippen LogP contribution in [0, 0.1) is 5.92 Å². The van der Waals surface area contributed by atoms with Crippen LogP contribution in [-0.4, -0.2) is 40.6 Å². The first-order chi connectivity index (χ1) is 8.78. The Labute approximate surface area is 106 Å². The Hall–Kier alpha value is -1.85. The number of rotatable bonds is 4. The molecule has 0 radical (unpaired) electrons. The molecule has 1 fully saturated rings. The first kappa shape index (κ1) is 11.3. The van der Waals surface area contributed by atoms with E-state index in [4.69, 9.17) is 0 Å². The Balaban J connectivity index is 1.94. The smallest absolute Gasteiger partial charge is 0.226 e. The minimum Gasteiger partial charge on any atom is -0.357 e. The fourth-order valence-electron chi connectivity index (χ4n) is 2.36. The fraction of sp³-hybridized carbons (Fsp3) is 0.583. The first-order valence-electron chi connectivity index (χ1n) is 6.38. The number of hydrogen-bond acceptors (Lipinski definition) is 5. The average Bonchev–Trinajstić information content (AvgIpc) is 2.80. The van der Waals surface area contributed by atoms with Crippen LogP contribution in [0.5, 0.6) is 0 Å². The summed E-state index contributed by atoms with van der Waals surface area (Å²) in [6.45, 7) is 1.05. The number of imidazole rings is 1. The zero-order valence-electron chi connectivity index (χ0n) is 10.8. The summed E-state index contributed by atoms with van der Waals surface area (Å²) in [4.78, 5) is 18.4. The summed E-state index contributed by atoms with van der Waals surface area (Å²) in [5.41, 5.74) is 1.63. The minimum atomic E-state index is 0.616. The van der Waals surface area contributed by atoms with Gasteiger partial charge in [-0.2, -0.15) is 9.97 Å². The molecular formula is C12H18N6. The second kappa shape index (κ2) is 4.44. The summed E-state index contributed by atoms with van der Waals surface area (Å²) >= 11 is 0. The molecule has 1 saturated carbocycles. The summed E-state index contributed by atoms with van der Waals surface area (Å²) < 4.78 is 0. The van der Waals surface area contributed by atoms with Crippen molar-refractivity contribution in [3.63, 3.8) is 0 Å². The van der Waals surface area contributed by atoms with Crippen molar-refractivity contribution < 1.29 is 0 Å². The second-order valence-corrected chi connectivity index (χ2v) is 4.90. The van der Waals surface area contributed by atoms with E-state index in [0.29, 0.717) is 11.6 Å². The van der Waals surface area contributed by atoms with E-state index in [1.54, 1.807) is 6.33 Å². The van der Waals surface area contributed by atoms with Gasteiger partial charge in [-0.25, -0.2) is 4.98 Å². The molecule has 2 aromatic rings. The van der Waals surface area contributed by atoms with E-state index >= 15 is 0 Å². The third kappa shape index (κ3) is 1.87. The molecule has 96 valence electrons. The lowest BCUT2D eigenvalue weighted by atomic mass is 9.85. The zero-order valence-corrected chi connectivity index (χ0v) is 10.8. The van der Waals surface area contributed by atoms with Gasteiger partial charge in [0.1, 0.15) is 5.52 Å². The van der Waals surface area contributed by atoms with Gasteiger partial charge in [0.15, 0.2) is 11.5 Å². The van der Waals surface area contributed by atoms with Crippen molar-refractivity contribution in [3.05, 3.63) is 6.33 Å². The van der Waals surface area contributed by atoms with E-state index < -0.39 is 0 Å². The molecule has 18 heavy (non-hydrogen) atoms. The van der Waals surface area contributed by atoms with E-state index in [9.17, 15) is 0 Å². The molecule has 0 saturated heterocycles. The maximum absolute atomic E-state index is 4.54. The van der Waals surface area contributed by atoms with E-state index in [1.807, 2.05) is 7.05 Å². The molecule has 0 amide bonds. The van der Waals surface area contributed by atoms with E-state index in [0.717, 1.165) is 23.8 Å². The number of aromatic nitrogens is 4. The monoisotopic (exact) mass is 246 g/mol. The highest BCUT2D eigenvalue weighted by Crippen LogP contribution is 2.29. The molecule has 0 aliphatic heterocycles. The SMILES string of the molecule is CNc1nc(N(C)CC2CCC2)c2[nH]cnc2n1. The van der Waals surface area contributed by atoms with Crippen LogP contribution in [0.3, 0.4) is 0 Å². The van der Waals surface area contributed by atoms with Gasteiger partial charge in [-0.05, 0) is 18.8 Å². The third-order valence-corrected chi connectivity index (χ3v) is 3.61. The lowest BCUT2D eigenvalue weighted by Crippen LogP contribution is -2.30. The molecule has 2 heterocycles. The standard InChI is InChI=1S/C12H18N6/c1-13-12-16-10-9(14-7-15-10)11(17-12)18(2)6-8-4-3-5-8/h7-8H,3-6H2,1-2H3,(H2,13,14,15,16,17). The van der Waals surface area contributed by atoms with Crippen LogP contribution < -0.4 is 10.2 Å². The summed E-state index contributed by atoms with van der Waals surface area (Å²) in [6.07, 6.45) is 5.70. The molecule has 0 aromatic carbocycles. The summed E-state index contributed by atoms with van der Waals surface area (Å²) in [7, 11) is 3.91. The normalized spacial score (nSPS) is 15.7. The van der Waals surface area contributed by atoms with Crippen molar-refractivity contribution in [1.82, 2.24) is 19.9 Å². The molecule has 6 nitrogen and oxygen atoms in total. The van der Waals surface area contributed by atoms with Gasteiger partial charge in [0, 0.05) is 20.6 Å². The number of hydrogen-bond donors (Lipinski definition) is 2. The lowest BCUT2D eigenvalue weighted by Gasteiger charge is -2.30. The van der Waals surface area contributed by atoms with Gasteiger partial charge in [0.2, 0.25) is 5.95 Å². The number of nitrogens with zero attached hydrogens (tertiary/aromatic N) is 4. The lowest BCUT2D eigenvalue weighted by molar-refractivity contribution is 0.321. The molecule has 0 atom stereocenters. The van der Waals surface area contributed by atoms with Gasteiger partial charge < -0.3 is 15.2 Å². The van der Waals surface area contributed by atoms with Crippen molar-refractivity contribution in [1.29, 1.82) is 0 Å². The van der Waals surface area contributed by atoms with Crippen LogP contribution in [0.15, 0.2) is 6.33 Å². The van der Waals surface area contributed by atoms with Crippen LogP contribution in [0.2, 0.25) is 0 Å². The molecule has 0 spiro atoms. The van der Waals surface area contributed by atoms with Crippen molar-refractivity contribution >= 4 is 22.9 Å². The fourth-order valence-corrected chi connectivity index (χ4v) is 2.36. The molecule has 0 bridgehead atoms. The van der Waals surface area contributed by atoms with Crippen molar-refractivity contribution in [3.8, 4) is 0 Å². The predicted octanol–water partition coefficient (Wildman–Crippen LogP) is 1.63. The largest absolute Gasteiger partial charge is 0.357 e. The predicted molar refractivity (Wildman–Crippen MR) is 71.8 cm³/mol. The molecule has 0 unspecified atom stereocenters. The van der Waals surface area contributed by atoms with Gasteiger partial charge in [0.05, 0.1) is 6.33 Å². The maximum atomic E-state index is 4.54.